The van der Waals surface area contributed by atoms with E-state index in [2.05, 4.69) is 0 Å². The van der Waals surface area contributed by atoms with E-state index in [1.807, 2.05) is 0 Å². The highest BCUT2D eigenvalue weighted by Gasteiger charge is 2.50. The Bertz CT molecular complexity index is 517. The Morgan fingerprint density at radius 2 is 1.78 bits per heavy atom. The first kappa shape index (κ1) is 12.7. The van der Waals surface area contributed by atoms with Gasteiger partial charge >= 0.3 is 0 Å². The first-order valence-electron chi connectivity index (χ1n) is 5.46. The Balaban J connectivity index is 2.42. The topological polar surface area (TPSA) is 46.5 Å². The van der Waals surface area contributed by atoms with Crippen LogP contribution in [0, 0.1) is 11.6 Å². The average molecular weight is 254 g/mol. The second kappa shape index (κ2) is 4.17. The normalized spacial score (nSPS) is 22.8. The van der Waals surface area contributed by atoms with Gasteiger partial charge in [0.2, 0.25) is 11.4 Å². The molecule has 0 radical (unpaired) electrons. The molecular weight excluding hydrogens is 242 g/mol. The van der Waals surface area contributed by atoms with Crippen LogP contribution >= 0.6 is 0 Å². The number of ketones is 1. The largest absolute Gasteiger partial charge is 0.491 e. The first-order chi connectivity index (χ1) is 8.34. The van der Waals surface area contributed by atoms with Gasteiger partial charge in [-0.25, -0.2) is 8.78 Å². The molecule has 1 N–H and O–H groups in total. The summed E-state index contributed by atoms with van der Waals surface area (Å²) in [6.07, 6.45) is 0.859. The molecule has 2 rings (SSSR count). The highest BCUT2D eigenvalue weighted by Crippen LogP contribution is 2.40. The molecule has 0 saturated heterocycles. The summed E-state index contributed by atoms with van der Waals surface area (Å²) in [5.74, 6) is -2.36. The van der Waals surface area contributed by atoms with Crippen molar-refractivity contribution in [2.45, 2.75) is 25.6 Å². The van der Waals surface area contributed by atoms with Gasteiger partial charge in [-0.15, -0.1) is 0 Å². The van der Waals surface area contributed by atoms with Crippen molar-refractivity contribution < 1.29 is 23.4 Å². The third-order valence-electron chi connectivity index (χ3n) is 2.62. The van der Waals surface area contributed by atoms with Crippen molar-refractivity contribution in [2.75, 3.05) is 0 Å². The third kappa shape index (κ3) is 1.90. The maximum atomic E-state index is 13.1. The van der Waals surface area contributed by atoms with Crippen LogP contribution in [0.1, 0.15) is 19.4 Å². The van der Waals surface area contributed by atoms with Gasteiger partial charge in [-0.3, -0.25) is 4.79 Å². The predicted molar refractivity (Wildman–Crippen MR) is 59.6 cm³/mol. The zero-order valence-electron chi connectivity index (χ0n) is 9.91. The van der Waals surface area contributed by atoms with Crippen molar-refractivity contribution in [3.05, 3.63) is 47.2 Å². The number of benzene rings is 1. The molecule has 3 nitrogen and oxygen atoms in total. The molecule has 0 bridgehead atoms. The molecule has 0 amide bonds. The predicted octanol–water partition coefficient (Wildman–Crippen LogP) is 2.04. The quantitative estimate of drug-likeness (QED) is 0.897. The van der Waals surface area contributed by atoms with Crippen LogP contribution in [0.4, 0.5) is 8.78 Å². The standard InChI is InChI=1S/C13H12F2O3/c1-7(2)18-12-6-11(16)13(12,17)8-3-9(14)5-10(15)4-8/h3-7,17H,1-2H3. The number of carbonyl (C=O) groups is 1. The lowest BCUT2D eigenvalue weighted by molar-refractivity contribution is -0.140. The zero-order chi connectivity index (χ0) is 13.5. The molecule has 0 aliphatic heterocycles. The van der Waals surface area contributed by atoms with E-state index in [4.69, 9.17) is 4.74 Å². The van der Waals surface area contributed by atoms with Crippen LogP contribution in [0.3, 0.4) is 0 Å². The summed E-state index contributed by atoms with van der Waals surface area (Å²) in [6.45, 7) is 3.44. The van der Waals surface area contributed by atoms with E-state index in [1.54, 1.807) is 13.8 Å². The fourth-order valence-corrected chi connectivity index (χ4v) is 1.79. The van der Waals surface area contributed by atoms with Gasteiger partial charge in [0.1, 0.15) is 17.4 Å². The lowest BCUT2D eigenvalue weighted by Crippen LogP contribution is -2.46. The van der Waals surface area contributed by atoms with E-state index in [0.717, 1.165) is 18.2 Å². The Morgan fingerprint density at radius 3 is 2.22 bits per heavy atom. The van der Waals surface area contributed by atoms with Gasteiger partial charge in [0.15, 0.2) is 0 Å². The number of carbonyl (C=O) groups excluding carboxylic acids is 1. The van der Waals surface area contributed by atoms with Gasteiger partial charge in [-0.1, -0.05) is 0 Å². The lowest BCUT2D eigenvalue weighted by Gasteiger charge is -2.36. The fraction of sp³-hybridized carbons (Fsp3) is 0.308. The monoisotopic (exact) mass is 254 g/mol. The molecule has 96 valence electrons. The highest BCUT2D eigenvalue weighted by atomic mass is 19.1. The van der Waals surface area contributed by atoms with Crippen molar-refractivity contribution in [1.29, 1.82) is 0 Å². The van der Waals surface area contributed by atoms with Gasteiger partial charge in [0.05, 0.1) is 6.10 Å². The van der Waals surface area contributed by atoms with Crippen LogP contribution in [0.5, 0.6) is 0 Å². The smallest absolute Gasteiger partial charge is 0.210 e. The molecule has 1 aliphatic rings. The second-order valence-corrected chi connectivity index (χ2v) is 4.41. The third-order valence-corrected chi connectivity index (χ3v) is 2.62. The first-order valence-corrected chi connectivity index (χ1v) is 5.46. The van der Waals surface area contributed by atoms with Gasteiger partial charge in [0.25, 0.3) is 0 Å². The number of hydrogen-bond acceptors (Lipinski definition) is 3. The molecule has 1 unspecified atom stereocenters. The number of aliphatic hydroxyl groups is 1. The molecule has 0 fully saturated rings. The van der Waals surface area contributed by atoms with E-state index in [0.29, 0.717) is 6.07 Å². The molecule has 0 aromatic heterocycles. The zero-order valence-corrected chi connectivity index (χ0v) is 9.91. The second-order valence-electron chi connectivity index (χ2n) is 4.41. The van der Waals surface area contributed by atoms with Crippen molar-refractivity contribution in [2.24, 2.45) is 0 Å². The number of ether oxygens (including phenoxy) is 1. The minimum Gasteiger partial charge on any atom is -0.491 e. The summed E-state index contributed by atoms with van der Waals surface area (Å²) in [7, 11) is 0. The maximum absolute atomic E-state index is 13.1. The van der Waals surface area contributed by atoms with Crippen LogP contribution in [0.2, 0.25) is 0 Å². The number of hydrogen-bond donors (Lipinski definition) is 1. The van der Waals surface area contributed by atoms with E-state index in [-0.39, 0.29) is 17.4 Å². The van der Waals surface area contributed by atoms with Crippen LogP contribution in [-0.2, 0) is 15.1 Å². The molecular formula is C13H12F2O3. The van der Waals surface area contributed by atoms with E-state index in [9.17, 15) is 18.7 Å². The van der Waals surface area contributed by atoms with Gasteiger partial charge in [0, 0.05) is 17.7 Å². The molecule has 1 aliphatic carbocycles. The van der Waals surface area contributed by atoms with Gasteiger partial charge in [-0.2, -0.15) is 0 Å². The average Bonchev–Trinajstić information content (AvgIpc) is 2.25. The van der Waals surface area contributed by atoms with E-state index in [1.165, 1.54) is 0 Å². The molecule has 1 aromatic rings. The minimum absolute atomic E-state index is 0.00694. The van der Waals surface area contributed by atoms with Crippen LogP contribution in [0.15, 0.2) is 30.0 Å². The molecule has 0 spiro atoms. The summed E-state index contributed by atoms with van der Waals surface area (Å²) < 4.78 is 31.5. The number of rotatable bonds is 3. The molecule has 0 saturated carbocycles. The lowest BCUT2D eigenvalue weighted by atomic mass is 9.79. The van der Waals surface area contributed by atoms with Crippen molar-refractivity contribution in [3.63, 3.8) is 0 Å². The Kier molecular flexibility index (Phi) is 2.94. The Labute approximate surface area is 103 Å². The molecule has 18 heavy (non-hydrogen) atoms. The number of halogens is 2. The Hall–Kier alpha value is -1.75. The highest BCUT2D eigenvalue weighted by molar-refractivity contribution is 6.07. The summed E-state index contributed by atoms with van der Waals surface area (Å²) in [4.78, 5) is 11.5. The van der Waals surface area contributed by atoms with Gasteiger partial charge in [-0.05, 0) is 26.0 Å². The van der Waals surface area contributed by atoms with E-state index >= 15 is 0 Å². The fourth-order valence-electron chi connectivity index (χ4n) is 1.79. The van der Waals surface area contributed by atoms with Crippen LogP contribution < -0.4 is 0 Å². The molecule has 1 aromatic carbocycles. The van der Waals surface area contributed by atoms with Crippen LogP contribution in [0.25, 0.3) is 0 Å². The van der Waals surface area contributed by atoms with Crippen LogP contribution in [-0.4, -0.2) is 17.0 Å². The summed E-state index contributed by atoms with van der Waals surface area (Å²) in [5.41, 5.74) is -2.24. The van der Waals surface area contributed by atoms with Crippen molar-refractivity contribution >= 4 is 5.78 Å². The molecule has 5 heteroatoms. The summed E-state index contributed by atoms with van der Waals surface area (Å²) in [6, 6.07) is 2.50. The van der Waals surface area contributed by atoms with E-state index < -0.39 is 23.0 Å². The molecule has 1 atom stereocenters. The Morgan fingerprint density at radius 1 is 1.22 bits per heavy atom. The molecule has 0 heterocycles. The minimum atomic E-state index is -2.08. The summed E-state index contributed by atoms with van der Waals surface area (Å²) in [5, 5.41) is 10.2. The SMILES string of the molecule is CC(C)OC1=CC(=O)C1(O)c1cc(F)cc(F)c1. The maximum Gasteiger partial charge on any atom is 0.210 e. The summed E-state index contributed by atoms with van der Waals surface area (Å²) >= 11 is 0. The van der Waals surface area contributed by atoms with Crippen molar-refractivity contribution in [1.82, 2.24) is 0 Å². The van der Waals surface area contributed by atoms with Gasteiger partial charge < -0.3 is 9.84 Å². The van der Waals surface area contributed by atoms with Crippen molar-refractivity contribution in [3.8, 4) is 0 Å².